The number of fused-ring (bicyclic) bond motifs is 2. The van der Waals surface area contributed by atoms with E-state index < -0.39 is 31.2 Å². The predicted octanol–water partition coefficient (Wildman–Crippen LogP) is 10.8. The van der Waals surface area contributed by atoms with Crippen molar-refractivity contribution in [3.63, 3.8) is 0 Å². The summed E-state index contributed by atoms with van der Waals surface area (Å²) in [4.78, 5) is 16.9. The first-order chi connectivity index (χ1) is 23.3. The van der Waals surface area contributed by atoms with Gasteiger partial charge in [-0.2, -0.15) is 0 Å². The first-order valence-electron chi connectivity index (χ1n) is 16.3. The zero-order chi connectivity index (χ0) is 35.5. The minimum atomic E-state index is -9.19. The molecule has 0 atom stereocenters. The number of rotatable bonds is 15. The zero-order valence-electron chi connectivity index (χ0n) is 27.5. The second-order valence-electron chi connectivity index (χ2n) is 11.5. The SMILES string of the molecule is CCCCCCCCCCCCOc1c([S+](c2ccccc2)c2ccccc2)c(Cl)c(Cl)c2c(=O)c3ccccc3sc12.[F-].[F][Sb]([F])([F])([F])[F]. The van der Waals surface area contributed by atoms with E-state index in [1.54, 1.807) is 11.3 Å². The van der Waals surface area contributed by atoms with E-state index in [-0.39, 0.29) is 10.1 Å². The van der Waals surface area contributed by atoms with Crippen LogP contribution in [0.5, 0.6) is 5.75 Å². The summed E-state index contributed by atoms with van der Waals surface area (Å²) < 4.78 is 57.9. The minimum absolute atomic E-state index is 0. The molecule has 0 saturated carbocycles. The van der Waals surface area contributed by atoms with Crippen molar-refractivity contribution in [1.29, 1.82) is 0 Å². The van der Waals surface area contributed by atoms with Crippen molar-refractivity contribution in [3.05, 3.63) is 105 Å². The molecule has 1 heterocycles. The van der Waals surface area contributed by atoms with Crippen molar-refractivity contribution in [2.45, 2.75) is 85.8 Å². The summed E-state index contributed by atoms with van der Waals surface area (Å²) in [5.74, 6) is 0.684. The molecule has 0 aliphatic heterocycles. The molecule has 0 unspecified atom stereocenters. The molecule has 0 N–H and O–H groups in total. The molecule has 5 aromatic rings. The van der Waals surface area contributed by atoms with Gasteiger partial charge >= 0.3 is 34.4 Å². The van der Waals surface area contributed by atoms with Crippen LogP contribution >= 0.6 is 34.5 Å². The zero-order valence-corrected chi connectivity index (χ0v) is 33.2. The van der Waals surface area contributed by atoms with Crippen LogP contribution in [0.15, 0.2) is 104 Å². The van der Waals surface area contributed by atoms with Crippen LogP contribution in [0.3, 0.4) is 0 Å². The fraction of sp³-hybridized carbons (Fsp3) is 0.324. The molecular formula is C37H39Cl2F6O2S2Sb. The molecule has 0 spiro atoms. The quantitative estimate of drug-likeness (QED) is 0.0344. The fourth-order valence-corrected chi connectivity index (χ4v) is 9.76. The Kier molecular flexibility index (Phi) is 16.6. The molecule has 0 aliphatic carbocycles. The maximum atomic E-state index is 13.8. The van der Waals surface area contributed by atoms with Gasteiger partial charge in [-0.25, -0.2) is 0 Å². The summed E-state index contributed by atoms with van der Waals surface area (Å²) in [5, 5.41) is 1.79. The number of benzene rings is 4. The third-order valence-corrected chi connectivity index (χ3v) is 12.1. The van der Waals surface area contributed by atoms with Crippen molar-refractivity contribution < 1.29 is 23.5 Å². The molecule has 0 saturated heterocycles. The van der Waals surface area contributed by atoms with Gasteiger partial charge in [-0.1, -0.05) is 136 Å². The van der Waals surface area contributed by atoms with E-state index >= 15 is 0 Å². The van der Waals surface area contributed by atoms with Crippen LogP contribution < -0.4 is 14.9 Å². The van der Waals surface area contributed by atoms with Gasteiger partial charge in [-0.3, -0.25) is 4.79 Å². The van der Waals surface area contributed by atoms with Crippen LogP contribution in [-0.4, -0.2) is 26.9 Å². The third kappa shape index (κ3) is 12.5. The van der Waals surface area contributed by atoms with Gasteiger partial charge in [0.15, 0.2) is 21.0 Å². The van der Waals surface area contributed by atoms with E-state index in [2.05, 4.69) is 31.2 Å². The second kappa shape index (κ2) is 19.7. The van der Waals surface area contributed by atoms with Gasteiger partial charge in [-0.05, 0) is 42.8 Å². The number of hydrogen-bond acceptors (Lipinski definition) is 3. The van der Waals surface area contributed by atoms with Gasteiger partial charge in [0.05, 0.1) is 21.7 Å². The molecule has 0 bridgehead atoms. The summed E-state index contributed by atoms with van der Waals surface area (Å²) in [6, 6.07) is 28.4. The van der Waals surface area contributed by atoms with E-state index in [4.69, 9.17) is 27.9 Å². The number of unbranched alkanes of at least 4 members (excludes halogenated alkanes) is 9. The van der Waals surface area contributed by atoms with E-state index in [1.165, 1.54) is 51.4 Å². The molecule has 272 valence electrons. The molecule has 5 rings (SSSR count). The van der Waals surface area contributed by atoms with Gasteiger partial charge in [0, 0.05) is 10.1 Å². The molecule has 0 radical (unpaired) electrons. The molecule has 13 heteroatoms. The molecule has 1 aromatic heterocycles. The fourth-order valence-electron chi connectivity index (χ4n) is 5.48. The average Bonchev–Trinajstić information content (AvgIpc) is 3.07. The van der Waals surface area contributed by atoms with Crippen LogP contribution in [0, 0.1) is 0 Å². The van der Waals surface area contributed by atoms with Crippen LogP contribution in [0.25, 0.3) is 20.2 Å². The van der Waals surface area contributed by atoms with E-state index in [1.807, 2.05) is 60.7 Å². The Morgan fingerprint density at radius 2 is 1.14 bits per heavy atom. The van der Waals surface area contributed by atoms with Crippen molar-refractivity contribution in [1.82, 2.24) is 0 Å². The van der Waals surface area contributed by atoms with Crippen molar-refractivity contribution >= 4 is 85.9 Å². The topological polar surface area (TPSA) is 26.3 Å². The van der Waals surface area contributed by atoms with Gasteiger partial charge in [0.2, 0.25) is 4.90 Å². The molecular weight excluding hydrogens is 847 g/mol. The summed E-state index contributed by atoms with van der Waals surface area (Å²) in [6.45, 7) is 2.82. The molecule has 0 fully saturated rings. The van der Waals surface area contributed by atoms with Crippen molar-refractivity contribution in [2.75, 3.05) is 6.61 Å². The molecule has 0 aliphatic rings. The summed E-state index contributed by atoms with van der Waals surface area (Å²) in [5.41, 5.74) is -0.106. The molecule has 0 amide bonds. The van der Waals surface area contributed by atoms with Gasteiger partial charge in [0.25, 0.3) is 0 Å². The second-order valence-corrected chi connectivity index (χ2v) is 18.9. The molecule has 2 nitrogen and oxygen atoms in total. The monoisotopic (exact) mass is 884 g/mol. The number of halogens is 8. The Labute approximate surface area is 310 Å². The Hall–Kier alpha value is -2.10. The van der Waals surface area contributed by atoms with Gasteiger partial charge in [0.1, 0.15) is 15.9 Å². The third-order valence-electron chi connectivity index (χ3n) is 7.73. The molecule has 50 heavy (non-hydrogen) atoms. The molecule has 4 aromatic carbocycles. The standard InChI is InChI=1S/C37H39Cl2O2S2.6FH.Sb/c1-2-3-4-5-6-7-8-9-10-19-26-41-35-36-31(34(40)29-24-17-18-25-30(29)42-36)32(38)33(39)37(35)43(27-20-13-11-14-21-27)28-22-15-12-16-23-28;;;;;;;/h11-18,20-25H,2-10,19,26H2,1H3;6*1H;/q+1;;;;;;;+5/p-6. The van der Waals surface area contributed by atoms with Crippen LogP contribution in [0.4, 0.5) is 14.1 Å². The Bertz CT molecular complexity index is 1820. The normalized spacial score (nSPS) is 12.2. The number of ether oxygens (including phenoxy) is 1. The maximum absolute atomic E-state index is 13.8. The first kappa shape index (κ1) is 42.3. The predicted molar refractivity (Wildman–Crippen MR) is 199 cm³/mol. The van der Waals surface area contributed by atoms with E-state index in [9.17, 15) is 18.9 Å². The van der Waals surface area contributed by atoms with Crippen LogP contribution in [0.2, 0.25) is 10.0 Å². The van der Waals surface area contributed by atoms with Crippen molar-refractivity contribution in [3.8, 4) is 5.75 Å². The summed E-state index contributed by atoms with van der Waals surface area (Å²) in [7, 11) is -0.597. The van der Waals surface area contributed by atoms with Gasteiger partial charge in [-0.15, -0.1) is 11.3 Å². The summed E-state index contributed by atoms with van der Waals surface area (Å²) in [6.07, 6.45) is 12.5. The van der Waals surface area contributed by atoms with Crippen LogP contribution in [0.1, 0.15) is 71.1 Å². The summed E-state index contributed by atoms with van der Waals surface area (Å²) >= 11 is 6.59. The van der Waals surface area contributed by atoms with E-state index in [0.717, 1.165) is 36.9 Å². The van der Waals surface area contributed by atoms with Crippen LogP contribution in [-0.2, 0) is 10.9 Å². The van der Waals surface area contributed by atoms with Crippen molar-refractivity contribution in [2.24, 2.45) is 0 Å². The Balaban J connectivity index is 0.000000888. The average molecular weight is 887 g/mol. The Morgan fingerprint density at radius 1 is 0.680 bits per heavy atom. The van der Waals surface area contributed by atoms with E-state index in [0.29, 0.717) is 33.2 Å². The number of hydrogen-bond donors (Lipinski definition) is 0. The first-order valence-corrected chi connectivity index (χ1v) is 23.9. The van der Waals surface area contributed by atoms with Gasteiger partial charge < -0.3 is 9.44 Å². The Morgan fingerprint density at radius 3 is 1.66 bits per heavy atom.